The van der Waals surface area contributed by atoms with E-state index < -0.39 is 6.10 Å². The molecule has 1 heterocycles. The Bertz CT molecular complexity index is 1200. The Morgan fingerprint density at radius 3 is 2.28 bits per heavy atom. The molecule has 0 fully saturated rings. The molecule has 1 unspecified atom stereocenters. The highest BCUT2D eigenvalue weighted by atomic mass is 35.5. The number of ether oxygens (including phenoxy) is 2. The van der Waals surface area contributed by atoms with Crippen LogP contribution in [-0.2, 0) is 0 Å². The van der Waals surface area contributed by atoms with Gasteiger partial charge in [-0.2, -0.15) is 0 Å². The van der Waals surface area contributed by atoms with Gasteiger partial charge in [0.15, 0.2) is 11.9 Å². The minimum absolute atomic E-state index is 0.151. The van der Waals surface area contributed by atoms with E-state index in [2.05, 4.69) is 0 Å². The lowest BCUT2D eigenvalue weighted by Crippen LogP contribution is -2.26. The van der Waals surface area contributed by atoms with Crippen molar-refractivity contribution in [1.29, 1.82) is 0 Å². The average Bonchev–Trinajstić information content (AvgIpc) is 2.75. The van der Waals surface area contributed by atoms with Gasteiger partial charge in [0.2, 0.25) is 0 Å². The summed E-state index contributed by atoms with van der Waals surface area (Å²) in [5.74, 6) is 1.86. The Balaban J connectivity index is 1.86. The largest absolute Gasteiger partial charge is 0.497 e. The van der Waals surface area contributed by atoms with Crippen molar-refractivity contribution in [2.24, 2.45) is 0 Å². The van der Waals surface area contributed by atoms with Crippen LogP contribution in [0.2, 0.25) is 5.02 Å². The van der Waals surface area contributed by atoms with Crippen LogP contribution in [0.3, 0.4) is 0 Å². The van der Waals surface area contributed by atoms with E-state index >= 15 is 0 Å². The third kappa shape index (κ3) is 3.82. The average molecular weight is 407 g/mol. The van der Waals surface area contributed by atoms with Crippen molar-refractivity contribution in [3.63, 3.8) is 0 Å². The van der Waals surface area contributed by atoms with E-state index in [1.165, 1.54) is 0 Å². The highest BCUT2D eigenvalue weighted by molar-refractivity contribution is 6.30. The summed E-state index contributed by atoms with van der Waals surface area (Å²) in [5, 5.41) is 1.18. The van der Waals surface area contributed by atoms with Gasteiger partial charge < -0.3 is 9.47 Å². The van der Waals surface area contributed by atoms with Gasteiger partial charge in [-0.15, -0.1) is 0 Å². The molecule has 1 aromatic heterocycles. The minimum Gasteiger partial charge on any atom is -0.497 e. The van der Waals surface area contributed by atoms with Crippen LogP contribution in [0.1, 0.15) is 18.9 Å². The summed E-state index contributed by atoms with van der Waals surface area (Å²) >= 11 is 5.96. The monoisotopic (exact) mass is 406 g/mol. The number of halogens is 1. The summed E-state index contributed by atoms with van der Waals surface area (Å²) in [4.78, 5) is 18.1. The molecule has 146 valence electrons. The van der Waals surface area contributed by atoms with Gasteiger partial charge in [-0.3, -0.25) is 9.36 Å². The molecule has 5 nitrogen and oxygen atoms in total. The number of aromatic nitrogens is 2. The van der Waals surface area contributed by atoms with Crippen LogP contribution >= 0.6 is 11.6 Å². The van der Waals surface area contributed by atoms with Crippen LogP contribution in [0.25, 0.3) is 16.6 Å². The van der Waals surface area contributed by atoms with Crippen molar-refractivity contribution in [3.05, 3.63) is 94.0 Å². The predicted octanol–water partition coefficient (Wildman–Crippen LogP) is 5.19. The summed E-state index contributed by atoms with van der Waals surface area (Å²) < 4.78 is 12.9. The molecular weight excluding hydrogens is 388 g/mol. The fourth-order valence-corrected chi connectivity index (χ4v) is 3.30. The molecule has 0 aliphatic rings. The van der Waals surface area contributed by atoms with Crippen LogP contribution in [0.15, 0.2) is 77.6 Å². The molecule has 0 amide bonds. The van der Waals surface area contributed by atoms with Gasteiger partial charge in [-0.05, 0) is 67.6 Å². The van der Waals surface area contributed by atoms with E-state index in [4.69, 9.17) is 26.1 Å². The van der Waals surface area contributed by atoms with Crippen LogP contribution < -0.4 is 15.0 Å². The van der Waals surface area contributed by atoms with Crippen LogP contribution in [0.5, 0.6) is 11.5 Å². The van der Waals surface area contributed by atoms with Crippen LogP contribution in [0.4, 0.5) is 0 Å². The predicted molar refractivity (Wildman–Crippen MR) is 114 cm³/mol. The maximum Gasteiger partial charge on any atom is 0.266 e. The molecule has 4 rings (SSSR count). The summed E-state index contributed by atoms with van der Waals surface area (Å²) in [5.41, 5.74) is 1.17. The molecular formula is C23H19ClN2O3. The molecule has 4 aromatic rings. The van der Waals surface area contributed by atoms with Crippen LogP contribution in [-0.4, -0.2) is 16.7 Å². The van der Waals surface area contributed by atoms with Crippen molar-refractivity contribution in [2.45, 2.75) is 13.0 Å². The fourth-order valence-electron chi connectivity index (χ4n) is 3.17. The lowest BCUT2D eigenvalue weighted by molar-refractivity contribution is 0.213. The maximum atomic E-state index is 13.3. The number of hydrogen-bond acceptors (Lipinski definition) is 4. The first-order valence-corrected chi connectivity index (χ1v) is 9.53. The topological polar surface area (TPSA) is 53.4 Å². The third-order valence-corrected chi connectivity index (χ3v) is 4.87. The zero-order chi connectivity index (χ0) is 20.4. The zero-order valence-electron chi connectivity index (χ0n) is 16.0. The third-order valence-electron chi connectivity index (χ3n) is 4.62. The highest BCUT2D eigenvalue weighted by Gasteiger charge is 2.19. The molecule has 6 heteroatoms. The summed E-state index contributed by atoms with van der Waals surface area (Å²) in [6, 6.07) is 21.7. The summed E-state index contributed by atoms with van der Waals surface area (Å²) in [6.45, 7) is 1.87. The van der Waals surface area contributed by atoms with E-state index in [1.54, 1.807) is 42.0 Å². The van der Waals surface area contributed by atoms with E-state index in [0.717, 1.165) is 0 Å². The molecule has 0 aliphatic heterocycles. The Kier molecular flexibility index (Phi) is 5.23. The van der Waals surface area contributed by atoms with Crippen molar-refractivity contribution in [1.82, 2.24) is 9.55 Å². The molecule has 3 aromatic carbocycles. The second-order valence-electron chi connectivity index (χ2n) is 6.54. The standard InChI is InChI=1S/C23H19ClN2O3/c1-15(29-19-11-7-16(24)8-12-19)22-25-21-6-4-3-5-20(21)23(27)26(22)17-9-13-18(28-2)14-10-17/h3-15H,1-2H3. The molecule has 0 radical (unpaired) electrons. The van der Waals surface area contributed by atoms with Crippen molar-refractivity contribution >= 4 is 22.5 Å². The summed E-state index contributed by atoms with van der Waals surface area (Å²) in [7, 11) is 1.60. The number of methoxy groups -OCH3 is 1. The Morgan fingerprint density at radius 1 is 0.931 bits per heavy atom. The van der Waals surface area contributed by atoms with Crippen LogP contribution in [0, 0.1) is 0 Å². The van der Waals surface area contributed by atoms with Crippen molar-refractivity contribution in [3.8, 4) is 17.2 Å². The first-order valence-electron chi connectivity index (χ1n) is 9.15. The second kappa shape index (κ2) is 7.97. The quantitative estimate of drug-likeness (QED) is 0.457. The Hall–Kier alpha value is -3.31. The van der Waals surface area contributed by atoms with E-state index in [1.807, 2.05) is 49.4 Å². The SMILES string of the molecule is COc1ccc(-n2c(C(C)Oc3ccc(Cl)cc3)nc3ccccc3c2=O)cc1. The fraction of sp³-hybridized carbons (Fsp3) is 0.130. The van der Waals surface area contributed by atoms with Gasteiger partial charge in [0.05, 0.1) is 23.7 Å². The van der Waals surface area contributed by atoms with Gasteiger partial charge in [-0.1, -0.05) is 23.7 Å². The lowest BCUT2D eigenvalue weighted by atomic mass is 10.2. The molecule has 0 saturated heterocycles. The summed E-state index contributed by atoms with van der Waals surface area (Å²) in [6.07, 6.45) is -0.476. The second-order valence-corrected chi connectivity index (χ2v) is 6.98. The van der Waals surface area contributed by atoms with Gasteiger partial charge in [-0.25, -0.2) is 4.98 Å². The number of fused-ring (bicyclic) bond motifs is 1. The molecule has 0 bridgehead atoms. The lowest BCUT2D eigenvalue weighted by Gasteiger charge is -2.20. The van der Waals surface area contributed by atoms with Gasteiger partial charge in [0.25, 0.3) is 5.56 Å². The molecule has 0 spiro atoms. The van der Waals surface area contributed by atoms with Crippen molar-refractivity contribution < 1.29 is 9.47 Å². The number of nitrogens with zero attached hydrogens (tertiary/aromatic N) is 2. The molecule has 0 N–H and O–H groups in total. The number of para-hydroxylation sites is 1. The number of hydrogen-bond donors (Lipinski definition) is 0. The first kappa shape index (κ1) is 19.0. The Morgan fingerprint density at radius 2 is 1.59 bits per heavy atom. The van der Waals surface area contributed by atoms with Gasteiger partial charge >= 0.3 is 0 Å². The van der Waals surface area contributed by atoms with Gasteiger partial charge in [0.1, 0.15) is 11.5 Å². The molecule has 0 saturated carbocycles. The van der Waals surface area contributed by atoms with E-state index in [0.29, 0.717) is 38.9 Å². The highest BCUT2D eigenvalue weighted by Crippen LogP contribution is 2.25. The number of benzene rings is 3. The maximum absolute atomic E-state index is 13.3. The van der Waals surface area contributed by atoms with E-state index in [-0.39, 0.29) is 5.56 Å². The molecule has 29 heavy (non-hydrogen) atoms. The van der Waals surface area contributed by atoms with Crippen molar-refractivity contribution in [2.75, 3.05) is 7.11 Å². The molecule has 1 atom stereocenters. The molecule has 0 aliphatic carbocycles. The normalized spacial score (nSPS) is 12.0. The van der Waals surface area contributed by atoms with Gasteiger partial charge in [0, 0.05) is 5.02 Å². The number of rotatable bonds is 5. The smallest absolute Gasteiger partial charge is 0.266 e. The Labute approximate surface area is 173 Å². The first-order chi connectivity index (χ1) is 14.1. The minimum atomic E-state index is -0.476. The zero-order valence-corrected chi connectivity index (χ0v) is 16.8. The van der Waals surface area contributed by atoms with E-state index in [9.17, 15) is 4.79 Å².